The summed E-state index contributed by atoms with van der Waals surface area (Å²) in [6, 6.07) is 13.4. The van der Waals surface area contributed by atoms with Crippen LogP contribution in [0, 0.1) is 20.8 Å². The summed E-state index contributed by atoms with van der Waals surface area (Å²) in [4.78, 5) is 4.88. The van der Waals surface area contributed by atoms with E-state index in [1.54, 1.807) is 19.1 Å². The van der Waals surface area contributed by atoms with Crippen LogP contribution in [0.25, 0.3) is 10.6 Å². The lowest BCUT2D eigenvalue weighted by Crippen LogP contribution is -2.24. The molecule has 130 valence electrons. The number of nitrogens with one attached hydrogen (secondary N) is 1. The van der Waals surface area contributed by atoms with E-state index >= 15 is 0 Å². The van der Waals surface area contributed by atoms with E-state index in [0.29, 0.717) is 4.90 Å². The van der Waals surface area contributed by atoms with Gasteiger partial charge in [0.15, 0.2) is 0 Å². The van der Waals surface area contributed by atoms with Crippen molar-refractivity contribution >= 4 is 21.4 Å². The molecule has 3 aromatic rings. The van der Waals surface area contributed by atoms with E-state index in [2.05, 4.69) is 9.71 Å². The number of sulfonamides is 1. The minimum absolute atomic E-state index is 0.179. The first-order valence-corrected chi connectivity index (χ1v) is 10.3. The van der Waals surface area contributed by atoms with Crippen LogP contribution in [0.1, 0.15) is 22.4 Å². The van der Waals surface area contributed by atoms with Crippen molar-refractivity contribution in [2.45, 2.75) is 32.2 Å². The van der Waals surface area contributed by atoms with Gasteiger partial charge in [-0.25, -0.2) is 18.1 Å². The van der Waals surface area contributed by atoms with Crippen LogP contribution in [0.4, 0.5) is 0 Å². The van der Waals surface area contributed by atoms with Gasteiger partial charge in [-0.3, -0.25) is 0 Å². The van der Waals surface area contributed by atoms with Crippen molar-refractivity contribution < 1.29 is 8.42 Å². The van der Waals surface area contributed by atoms with E-state index in [9.17, 15) is 8.42 Å². The van der Waals surface area contributed by atoms with Crippen LogP contribution < -0.4 is 4.72 Å². The molecule has 0 amide bonds. The Bertz CT molecular complexity index is 1010. The molecule has 0 aliphatic rings. The van der Waals surface area contributed by atoms with Gasteiger partial charge in [0.2, 0.25) is 10.0 Å². The standard InChI is InChI=1S/C19H20N2O2S2/c1-13-8-9-18(15(3)10-13)25(22,23)20-11-16-12-24-19(21-16)17-7-5-4-6-14(17)2/h4-10,12,20H,11H2,1-3H3. The Hall–Kier alpha value is -2.02. The summed E-state index contributed by atoms with van der Waals surface area (Å²) >= 11 is 1.52. The van der Waals surface area contributed by atoms with Crippen molar-refractivity contribution in [3.05, 3.63) is 70.2 Å². The molecule has 4 nitrogen and oxygen atoms in total. The lowest BCUT2D eigenvalue weighted by molar-refractivity contribution is 0.580. The van der Waals surface area contributed by atoms with Gasteiger partial charge in [0.25, 0.3) is 0 Å². The maximum atomic E-state index is 12.5. The monoisotopic (exact) mass is 372 g/mol. The normalized spacial score (nSPS) is 11.6. The Kier molecular flexibility index (Phi) is 5.03. The fourth-order valence-corrected chi connectivity index (χ4v) is 4.81. The number of nitrogens with zero attached hydrogens (tertiary/aromatic N) is 1. The zero-order valence-electron chi connectivity index (χ0n) is 14.4. The van der Waals surface area contributed by atoms with Gasteiger partial charge < -0.3 is 0 Å². The molecule has 0 aliphatic heterocycles. The molecule has 3 rings (SSSR count). The van der Waals surface area contributed by atoms with Crippen LogP contribution in [0.15, 0.2) is 52.7 Å². The van der Waals surface area contributed by atoms with E-state index < -0.39 is 10.0 Å². The smallest absolute Gasteiger partial charge is 0.240 e. The van der Waals surface area contributed by atoms with Crippen LogP contribution in [0.2, 0.25) is 0 Å². The van der Waals surface area contributed by atoms with Crippen LogP contribution in [0.5, 0.6) is 0 Å². The van der Waals surface area contributed by atoms with Crippen molar-refractivity contribution in [1.82, 2.24) is 9.71 Å². The number of hydrogen-bond acceptors (Lipinski definition) is 4. The number of aromatic nitrogens is 1. The van der Waals surface area contributed by atoms with Crippen LogP contribution >= 0.6 is 11.3 Å². The molecule has 1 N–H and O–H groups in total. The quantitative estimate of drug-likeness (QED) is 0.730. The van der Waals surface area contributed by atoms with Crippen molar-refractivity contribution in [2.75, 3.05) is 0 Å². The molecule has 25 heavy (non-hydrogen) atoms. The first-order valence-electron chi connectivity index (χ1n) is 7.94. The summed E-state index contributed by atoms with van der Waals surface area (Å²) < 4.78 is 27.7. The molecule has 0 radical (unpaired) electrons. The second-order valence-corrected chi connectivity index (χ2v) is 8.65. The van der Waals surface area contributed by atoms with Crippen LogP contribution in [-0.4, -0.2) is 13.4 Å². The molecular weight excluding hydrogens is 352 g/mol. The summed E-state index contributed by atoms with van der Waals surface area (Å²) in [5.74, 6) is 0. The molecule has 0 fully saturated rings. The Morgan fingerprint density at radius 2 is 1.80 bits per heavy atom. The average Bonchev–Trinajstić information content (AvgIpc) is 3.02. The van der Waals surface area contributed by atoms with Gasteiger partial charge in [0, 0.05) is 10.9 Å². The summed E-state index contributed by atoms with van der Waals surface area (Å²) in [6.07, 6.45) is 0. The Labute approximate surface area is 152 Å². The number of benzene rings is 2. The molecule has 0 atom stereocenters. The van der Waals surface area contributed by atoms with Gasteiger partial charge in [0.1, 0.15) is 5.01 Å². The van der Waals surface area contributed by atoms with Crippen molar-refractivity contribution in [1.29, 1.82) is 0 Å². The number of aryl methyl sites for hydroxylation is 3. The highest BCUT2D eigenvalue weighted by Gasteiger charge is 2.17. The van der Waals surface area contributed by atoms with Gasteiger partial charge in [-0.05, 0) is 38.0 Å². The minimum Gasteiger partial charge on any atom is -0.240 e. The second-order valence-electron chi connectivity index (χ2n) is 6.05. The lowest BCUT2D eigenvalue weighted by Gasteiger charge is -2.09. The summed E-state index contributed by atoms with van der Waals surface area (Å²) in [6.45, 7) is 5.97. The predicted molar refractivity (Wildman–Crippen MR) is 102 cm³/mol. The SMILES string of the molecule is Cc1ccc(S(=O)(=O)NCc2csc(-c3ccccc3C)n2)c(C)c1. The second kappa shape index (κ2) is 7.07. The topological polar surface area (TPSA) is 59.1 Å². The largest absolute Gasteiger partial charge is 0.241 e. The third-order valence-electron chi connectivity index (χ3n) is 3.99. The van der Waals surface area contributed by atoms with Gasteiger partial charge in [-0.2, -0.15) is 0 Å². The molecule has 0 aliphatic carbocycles. The van der Waals surface area contributed by atoms with Crippen molar-refractivity contribution in [2.24, 2.45) is 0 Å². The van der Waals surface area contributed by atoms with Gasteiger partial charge in [0.05, 0.1) is 17.1 Å². The Morgan fingerprint density at radius 1 is 1.04 bits per heavy atom. The molecule has 0 unspecified atom stereocenters. The number of hydrogen-bond donors (Lipinski definition) is 1. The highest BCUT2D eigenvalue weighted by Crippen LogP contribution is 2.26. The fraction of sp³-hybridized carbons (Fsp3) is 0.211. The Morgan fingerprint density at radius 3 is 2.52 bits per heavy atom. The van der Waals surface area contributed by atoms with Crippen molar-refractivity contribution in [3.8, 4) is 10.6 Å². The van der Waals surface area contributed by atoms with E-state index in [1.807, 2.05) is 49.6 Å². The van der Waals surface area contributed by atoms with E-state index in [1.165, 1.54) is 11.3 Å². The van der Waals surface area contributed by atoms with E-state index in [4.69, 9.17) is 0 Å². The van der Waals surface area contributed by atoms with Crippen LogP contribution in [0.3, 0.4) is 0 Å². The highest BCUT2D eigenvalue weighted by molar-refractivity contribution is 7.89. The van der Waals surface area contributed by atoms with E-state index in [-0.39, 0.29) is 6.54 Å². The van der Waals surface area contributed by atoms with Crippen molar-refractivity contribution in [3.63, 3.8) is 0 Å². The summed E-state index contributed by atoms with van der Waals surface area (Å²) in [5, 5.41) is 2.80. The highest BCUT2D eigenvalue weighted by atomic mass is 32.2. The molecule has 1 aromatic heterocycles. The average molecular weight is 373 g/mol. The van der Waals surface area contributed by atoms with Gasteiger partial charge in [-0.15, -0.1) is 11.3 Å². The summed E-state index contributed by atoms with van der Waals surface area (Å²) in [7, 11) is -3.55. The summed E-state index contributed by atoms with van der Waals surface area (Å²) in [5.41, 5.74) is 4.73. The third-order valence-corrected chi connectivity index (χ3v) is 6.48. The molecule has 0 bridgehead atoms. The number of rotatable bonds is 5. The molecular formula is C19H20N2O2S2. The first kappa shape index (κ1) is 17.8. The van der Waals surface area contributed by atoms with Gasteiger partial charge >= 0.3 is 0 Å². The Balaban J connectivity index is 1.77. The maximum absolute atomic E-state index is 12.5. The molecule has 0 saturated carbocycles. The number of thiazole rings is 1. The molecule has 2 aromatic carbocycles. The third kappa shape index (κ3) is 3.98. The van der Waals surface area contributed by atoms with Crippen LogP contribution in [-0.2, 0) is 16.6 Å². The molecule has 1 heterocycles. The molecule has 0 saturated heterocycles. The lowest BCUT2D eigenvalue weighted by atomic mass is 10.1. The van der Waals surface area contributed by atoms with E-state index in [0.717, 1.165) is 33.0 Å². The van der Waals surface area contributed by atoms with Gasteiger partial charge in [-0.1, -0.05) is 42.0 Å². The maximum Gasteiger partial charge on any atom is 0.241 e. The first-order chi connectivity index (χ1) is 11.9. The zero-order chi connectivity index (χ0) is 18.0. The molecule has 6 heteroatoms. The zero-order valence-corrected chi connectivity index (χ0v) is 16.0. The minimum atomic E-state index is -3.55. The predicted octanol–water partition coefficient (Wildman–Crippen LogP) is 4.21. The molecule has 0 spiro atoms. The fourth-order valence-electron chi connectivity index (χ4n) is 2.67.